The molecule has 1 aromatic heterocycles. The summed E-state index contributed by atoms with van der Waals surface area (Å²) in [6.07, 6.45) is 1.82. The second-order valence-corrected chi connectivity index (χ2v) is 11.1. The second-order valence-electron chi connectivity index (χ2n) is 8.78. The van der Waals surface area contributed by atoms with Crippen molar-refractivity contribution < 1.29 is 14.3 Å². The summed E-state index contributed by atoms with van der Waals surface area (Å²) >= 11 is 11.1. The molecular formula is C30H24BrClN2O4S. The van der Waals surface area contributed by atoms with Gasteiger partial charge in [0.15, 0.2) is 4.80 Å². The van der Waals surface area contributed by atoms with E-state index in [0.717, 1.165) is 21.2 Å². The molecule has 39 heavy (non-hydrogen) atoms. The molecule has 0 aliphatic carbocycles. The van der Waals surface area contributed by atoms with E-state index in [9.17, 15) is 9.59 Å². The van der Waals surface area contributed by atoms with Gasteiger partial charge >= 0.3 is 5.97 Å². The average molecular weight is 624 g/mol. The first-order chi connectivity index (χ1) is 18.9. The van der Waals surface area contributed by atoms with Crippen molar-refractivity contribution in [2.24, 2.45) is 4.99 Å². The number of benzene rings is 3. The number of thiazole rings is 1. The fraction of sp³-hybridized carbons (Fsp3) is 0.167. The summed E-state index contributed by atoms with van der Waals surface area (Å²) in [7, 11) is 0. The van der Waals surface area contributed by atoms with Crippen LogP contribution in [0.4, 0.5) is 0 Å². The van der Waals surface area contributed by atoms with Gasteiger partial charge in [-0.05, 0) is 65.2 Å². The summed E-state index contributed by atoms with van der Waals surface area (Å²) in [5, 5.41) is 0.649. The topological polar surface area (TPSA) is 69.9 Å². The Morgan fingerprint density at radius 2 is 1.87 bits per heavy atom. The number of allylic oxidation sites excluding steroid dienone is 1. The molecule has 0 N–H and O–H groups in total. The van der Waals surface area contributed by atoms with Gasteiger partial charge in [-0.3, -0.25) is 9.36 Å². The van der Waals surface area contributed by atoms with Gasteiger partial charge < -0.3 is 9.47 Å². The molecule has 0 unspecified atom stereocenters. The molecule has 9 heteroatoms. The number of esters is 1. The van der Waals surface area contributed by atoms with Gasteiger partial charge in [-0.2, -0.15) is 0 Å². The Morgan fingerprint density at radius 3 is 2.59 bits per heavy atom. The van der Waals surface area contributed by atoms with Gasteiger partial charge in [-0.15, -0.1) is 0 Å². The largest absolute Gasteiger partial charge is 0.488 e. The lowest BCUT2D eigenvalue weighted by Crippen LogP contribution is -2.39. The molecule has 1 aliphatic rings. The smallest absolute Gasteiger partial charge is 0.338 e. The number of carbonyl (C=O) groups is 1. The summed E-state index contributed by atoms with van der Waals surface area (Å²) in [5.41, 5.74) is 3.20. The zero-order valence-electron chi connectivity index (χ0n) is 21.2. The lowest BCUT2D eigenvalue weighted by Gasteiger charge is -2.24. The quantitative estimate of drug-likeness (QED) is 0.244. The zero-order valence-corrected chi connectivity index (χ0v) is 24.3. The molecule has 0 fully saturated rings. The van der Waals surface area contributed by atoms with E-state index in [4.69, 9.17) is 21.1 Å². The van der Waals surface area contributed by atoms with Crippen LogP contribution in [0.25, 0.3) is 6.08 Å². The number of halogens is 2. The molecule has 0 radical (unpaired) electrons. The van der Waals surface area contributed by atoms with Gasteiger partial charge in [-0.25, -0.2) is 9.79 Å². The van der Waals surface area contributed by atoms with E-state index in [1.165, 1.54) is 11.3 Å². The Morgan fingerprint density at radius 1 is 1.13 bits per heavy atom. The number of hydrogen-bond acceptors (Lipinski definition) is 6. The van der Waals surface area contributed by atoms with Crippen LogP contribution < -0.4 is 19.6 Å². The molecule has 0 bridgehead atoms. The second kappa shape index (κ2) is 11.7. The fourth-order valence-electron chi connectivity index (χ4n) is 4.39. The first-order valence-corrected chi connectivity index (χ1v) is 14.3. The molecule has 0 spiro atoms. The van der Waals surface area contributed by atoms with Crippen LogP contribution in [0.15, 0.2) is 98.3 Å². The Labute approximate surface area is 242 Å². The summed E-state index contributed by atoms with van der Waals surface area (Å²) in [4.78, 5) is 31.8. The maximum atomic E-state index is 13.7. The van der Waals surface area contributed by atoms with Crippen LogP contribution in [0.3, 0.4) is 0 Å². The van der Waals surface area contributed by atoms with E-state index in [2.05, 4.69) is 20.9 Å². The Hall–Kier alpha value is -3.46. The molecule has 0 saturated carbocycles. The number of carbonyl (C=O) groups excluding carboxylic acids is 1. The molecule has 3 aromatic carbocycles. The van der Waals surface area contributed by atoms with Crippen molar-refractivity contribution in [3.63, 3.8) is 0 Å². The summed E-state index contributed by atoms with van der Waals surface area (Å²) in [5.74, 6) is 0.186. The number of fused-ring (bicyclic) bond motifs is 1. The maximum Gasteiger partial charge on any atom is 0.338 e. The third kappa shape index (κ3) is 5.64. The van der Waals surface area contributed by atoms with Crippen LogP contribution in [0.1, 0.15) is 36.6 Å². The SMILES string of the molecule is CCOC(=O)C1=C(C)N=c2s/c(=C\c3ccc(OCc4ccccc4Cl)c(Br)c3)c(=O)n2[C@H]1c1ccccc1. The molecule has 1 aliphatic heterocycles. The average Bonchev–Trinajstić information content (AvgIpc) is 3.22. The van der Waals surface area contributed by atoms with Gasteiger partial charge in [0.05, 0.1) is 32.9 Å². The maximum absolute atomic E-state index is 13.7. The fourth-order valence-corrected chi connectivity index (χ4v) is 6.14. The van der Waals surface area contributed by atoms with Crippen molar-refractivity contribution in [1.29, 1.82) is 0 Å². The highest BCUT2D eigenvalue weighted by Crippen LogP contribution is 2.31. The number of ether oxygens (including phenoxy) is 2. The molecule has 0 saturated heterocycles. The standard InChI is InChI=1S/C30H24BrClN2O4S/c1-3-37-29(36)26-18(2)33-30-34(27(26)20-9-5-4-6-10-20)28(35)25(39-30)16-19-13-14-24(22(31)15-19)38-17-21-11-7-8-12-23(21)32/h4-16,27H,3,17H2,1-2H3/b25-16-/t27-/m0/s1. The Balaban J connectivity index is 1.52. The predicted molar refractivity (Wildman–Crippen MR) is 157 cm³/mol. The molecule has 198 valence electrons. The molecule has 6 nitrogen and oxygen atoms in total. The zero-order chi connectivity index (χ0) is 27.5. The van der Waals surface area contributed by atoms with Gasteiger partial charge in [0.1, 0.15) is 12.4 Å². The van der Waals surface area contributed by atoms with Crippen molar-refractivity contribution in [3.8, 4) is 5.75 Å². The van der Waals surface area contributed by atoms with Crippen molar-refractivity contribution >= 4 is 50.9 Å². The van der Waals surface area contributed by atoms with Gasteiger partial charge in [0, 0.05) is 10.6 Å². The van der Waals surface area contributed by atoms with Gasteiger partial charge in [-0.1, -0.05) is 77.5 Å². The normalized spacial score (nSPS) is 15.1. The number of hydrogen-bond donors (Lipinski definition) is 0. The van der Waals surface area contributed by atoms with E-state index < -0.39 is 12.0 Å². The van der Waals surface area contributed by atoms with E-state index >= 15 is 0 Å². The minimum atomic E-state index is -0.629. The number of aromatic nitrogens is 1. The van der Waals surface area contributed by atoms with Crippen molar-refractivity contribution in [1.82, 2.24) is 4.57 Å². The van der Waals surface area contributed by atoms with E-state index in [1.807, 2.05) is 78.9 Å². The summed E-state index contributed by atoms with van der Waals surface area (Å²) in [6.45, 7) is 4.09. The number of nitrogens with zero attached hydrogens (tertiary/aromatic N) is 2. The van der Waals surface area contributed by atoms with Crippen LogP contribution in [0.5, 0.6) is 5.75 Å². The third-order valence-corrected chi connectivity index (χ3v) is 8.20. The molecule has 4 aromatic rings. The lowest BCUT2D eigenvalue weighted by molar-refractivity contribution is -0.139. The Bertz CT molecular complexity index is 1760. The van der Waals surface area contributed by atoms with Crippen LogP contribution in [0.2, 0.25) is 5.02 Å². The molecule has 5 rings (SSSR count). The summed E-state index contributed by atoms with van der Waals surface area (Å²) < 4.78 is 14.1. The minimum Gasteiger partial charge on any atom is -0.488 e. The van der Waals surface area contributed by atoms with Gasteiger partial charge in [0.25, 0.3) is 5.56 Å². The third-order valence-electron chi connectivity index (χ3n) is 6.23. The van der Waals surface area contributed by atoms with Crippen LogP contribution >= 0.6 is 38.9 Å². The Kier molecular flexibility index (Phi) is 8.16. The van der Waals surface area contributed by atoms with Crippen LogP contribution in [0, 0.1) is 0 Å². The predicted octanol–water partition coefficient (Wildman–Crippen LogP) is 5.79. The van der Waals surface area contributed by atoms with E-state index in [1.54, 1.807) is 18.4 Å². The first kappa shape index (κ1) is 27.1. The van der Waals surface area contributed by atoms with Gasteiger partial charge in [0.2, 0.25) is 0 Å². The van der Waals surface area contributed by atoms with E-state index in [0.29, 0.717) is 38.0 Å². The highest BCUT2D eigenvalue weighted by atomic mass is 79.9. The van der Waals surface area contributed by atoms with Crippen molar-refractivity contribution in [2.45, 2.75) is 26.5 Å². The molecular weight excluding hydrogens is 600 g/mol. The molecule has 0 amide bonds. The van der Waals surface area contributed by atoms with Crippen LogP contribution in [-0.2, 0) is 16.1 Å². The summed E-state index contributed by atoms with van der Waals surface area (Å²) in [6, 6.07) is 22.0. The molecule has 1 atom stereocenters. The monoisotopic (exact) mass is 622 g/mol. The lowest BCUT2D eigenvalue weighted by atomic mass is 9.96. The highest BCUT2D eigenvalue weighted by Gasteiger charge is 2.33. The molecule has 2 heterocycles. The first-order valence-electron chi connectivity index (χ1n) is 12.3. The van der Waals surface area contributed by atoms with Crippen molar-refractivity contribution in [3.05, 3.63) is 130 Å². The highest BCUT2D eigenvalue weighted by molar-refractivity contribution is 9.10. The van der Waals surface area contributed by atoms with Crippen molar-refractivity contribution in [2.75, 3.05) is 6.61 Å². The van der Waals surface area contributed by atoms with Crippen LogP contribution in [-0.4, -0.2) is 17.1 Å². The number of rotatable bonds is 7. The van der Waals surface area contributed by atoms with E-state index in [-0.39, 0.29) is 12.2 Å². The minimum absolute atomic E-state index is 0.225.